The minimum absolute atomic E-state index is 0.0542. The third-order valence-corrected chi connectivity index (χ3v) is 6.50. The first-order valence-corrected chi connectivity index (χ1v) is 11.7. The van der Waals surface area contributed by atoms with E-state index in [0.717, 1.165) is 24.3 Å². The number of nitrogens with zero attached hydrogens (tertiary/aromatic N) is 2. The van der Waals surface area contributed by atoms with Gasteiger partial charge >= 0.3 is 0 Å². The molecule has 7 nitrogen and oxygen atoms in total. The van der Waals surface area contributed by atoms with Crippen molar-refractivity contribution in [2.45, 2.75) is 37.5 Å². The molecule has 2 fully saturated rings. The number of halogens is 1. The summed E-state index contributed by atoms with van der Waals surface area (Å²) in [4.78, 5) is 32.1. The number of amidine groups is 1. The van der Waals surface area contributed by atoms with Crippen molar-refractivity contribution < 1.29 is 19.1 Å². The highest BCUT2D eigenvalue weighted by Crippen LogP contribution is 2.39. The maximum Gasteiger partial charge on any atom is 0.242 e. The largest absolute Gasteiger partial charge is 0.495 e. The van der Waals surface area contributed by atoms with Gasteiger partial charge in [-0.05, 0) is 62.2 Å². The van der Waals surface area contributed by atoms with E-state index < -0.39 is 5.25 Å². The molecule has 1 aliphatic carbocycles. The Bertz CT molecular complexity index is 1040. The Morgan fingerprint density at radius 3 is 2.62 bits per heavy atom. The molecule has 4 rings (SSSR count). The zero-order valence-corrected chi connectivity index (χ0v) is 19.4. The van der Waals surface area contributed by atoms with E-state index in [1.807, 2.05) is 31.2 Å². The number of methoxy groups -OCH3 is 1. The van der Waals surface area contributed by atoms with Crippen molar-refractivity contribution in [3.63, 3.8) is 0 Å². The third-order valence-electron chi connectivity index (χ3n) is 5.06. The minimum Gasteiger partial charge on any atom is -0.495 e. The van der Waals surface area contributed by atoms with Gasteiger partial charge in [0.25, 0.3) is 0 Å². The van der Waals surface area contributed by atoms with Crippen molar-refractivity contribution >= 4 is 51.7 Å². The van der Waals surface area contributed by atoms with E-state index in [1.165, 1.54) is 18.9 Å². The maximum absolute atomic E-state index is 13.0. The molecule has 1 N–H and O–H groups in total. The molecule has 1 atom stereocenters. The van der Waals surface area contributed by atoms with Crippen LogP contribution < -0.4 is 14.8 Å². The summed E-state index contributed by atoms with van der Waals surface area (Å²) in [7, 11) is 1.53. The Hall–Kier alpha value is -2.71. The van der Waals surface area contributed by atoms with Gasteiger partial charge in [-0.1, -0.05) is 23.4 Å². The van der Waals surface area contributed by atoms with Crippen molar-refractivity contribution in [2.75, 3.05) is 19.0 Å². The second-order valence-electron chi connectivity index (χ2n) is 7.47. The van der Waals surface area contributed by atoms with E-state index >= 15 is 0 Å². The molecule has 0 aromatic heterocycles. The molecule has 0 radical (unpaired) electrons. The van der Waals surface area contributed by atoms with Crippen LogP contribution in [0.15, 0.2) is 47.5 Å². The van der Waals surface area contributed by atoms with Gasteiger partial charge in [-0.25, -0.2) is 4.99 Å². The van der Waals surface area contributed by atoms with Crippen molar-refractivity contribution in [1.29, 1.82) is 0 Å². The average Bonchev–Trinajstić information content (AvgIpc) is 3.55. The molecule has 1 saturated carbocycles. The number of aliphatic imine (C=N–C) groups is 1. The van der Waals surface area contributed by atoms with Crippen molar-refractivity contribution in [3.05, 3.63) is 47.5 Å². The molecule has 2 aromatic carbocycles. The number of carbonyl (C=O) groups is 2. The van der Waals surface area contributed by atoms with Crippen LogP contribution in [-0.2, 0) is 9.59 Å². The summed E-state index contributed by atoms with van der Waals surface area (Å²) >= 11 is 7.47. The van der Waals surface area contributed by atoms with Crippen molar-refractivity contribution in [3.8, 4) is 11.5 Å². The average molecular weight is 474 g/mol. The van der Waals surface area contributed by atoms with Crippen LogP contribution in [0.2, 0.25) is 5.02 Å². The summed E-state index contributed by atoms with van der Waals surface area (Å²) in [6, 6.07) is 12.6. The second kappa shape index (κ2) is 9.83. The van der Waals surface area contributed by atoms with Gasteiger partial charge in [-0.15, -0.1) is 0 Å². The van der Waals surface area contributed by atoms with Gasteiger partial charge in [0.1, 0.15) is 16.7 Å². The summed E-state index contributed by atoms with van der Waals surface area (Å²) in [5.41, 5.74) is 1.30. The molecule has 2 aliphatic rings. The highest BCUT2D eigenvalue weighted by molar-refractivity contribution is 8.15. The van der Waals surface area contributed by atoms with Gasteiger partial charge in [-0.2, -0.15) is 0 Å². The van der Waals surface area contributed by atoms with E-state index in [4.69, 9.17) is 26.1 Å². The smallest absolute Gasteiger partial charge is 0.242 e. The monoisotopic (exact) mass is 473 g/mol. The molecular weight excluding hydrogens is 450 g/mol. The number of benzene rings is 2. The molecule has 2 aromatic rings. The van der Waals surface area contributed by atoms with E-state index in [9.17, 15) is 9.59 Å². The lowest BCUT2D eigenvalue weighted by Crippen LogP contribution is -2.35. The number of carbonyl (C=O) groups excluding carboxylic acids is 2. The summed E-state index contributed by atoms with van der Waals surface area (Å²) in [6.45, 7) is 2.53. The topological polar surface area (TPSA) is 80.2 Å². The van der Waals surface area contributed by atoms with Gasteiger partial charge < -0.3 is 14.8 Å². The number of rotatable bonds is 8. The summed E-state index contributed by atoms with van der Waals surface area (Å²) in [5, 5.41) is 3.35. The summed E-state index contributed by atoms with van der Waals surface area (Å²) < 4.78 is 10.6. The normalized spacial score (nSPS) is 19.3. The lowest BCUT2D eigenvalue weighted by Gasteiger charge is -2.15. The molecule has 0 bridgehead atoms. The standard InChI is InChI=1S/C23H24ClN3O4S/c1-3-31-17-9-4-14(5-10-17)26-23-27(16-7-8-16)22(29)20(32-23)13-21(28)25-15-6-11-19(30-2)18(24)12-15/h4-6,9-12,16,20H,3,7-8,13H2,1-2H3,(H,25,28). The van der Waals surface area contributed by atoms with Crippen LogP contribution >= 0.6 is 23.4 Å². The van der Waals surface area contributed by atoms with Gasteiger partial charge in [0, 0.05) is 18.2 Å². The second-order valence-corrected chi connectivity index (χ2v) is 9.05. The van der Waals surface area contributed by atoms with Crippen LogP contribution in [0, 0.1) is 0 Å². The SMILES string of the molecule is CCOc1ccc(N=C2SC(CC(=O)Nc3ccc(OC)c(Cl)c3)C(=O)N2C2CC2)cc1. The van der Waals surface area contributed by atoms with Gasteiger partial charge in [0.05, 0.1) is 24.4 Å². The molecule has 1 saturated heterocycles. The van der Waals surface area contributed by atoms with Crippen molar-refractivity contribution in [1.82, 2.24) is 4.90 Å². The van der Waals surface area contributed by atoms with Gasteiger partial charge in [0.15, 0.2) is 5.17 Å². The predicted octanol–water partition coefficient (Wildman–Crippen LogP) is 4.87. The Balaban J connectivity index is 1.45. The van der Waals surface area contributed by atoms with Crippen LogP contribution in [0.3, 0.4) is 0 Å². The first-order chi connectivity index (χ1) is 15.5. The van der Waals surface area contributed by atoms with Crippen LogP contribution in [0.5, 0.6) is 11.5 Å². The molecule has 1 aliphatic heterocycles. The van der Waals surface area contributed by atoms with Gasteiger partial charge in [0.2, 0.25) is 11.8 Å². The van der Waals surface area contributed by atoms with Crippen LogP contribution in [0.25, 0.3) is 0 Å². The molecular formula is C23H24ClN3O4S. The number of ether oxygens (including phenoxy) is 2. The summed E-state index contributed by atoms with van der Waals surface area (Å²) in [5.74, 6) is 0.987. The Morgan fingerprint density at radius 2 is 2.00 bits per heavy atom. The van der Waals surface area contributed by atoms with E-state index in [2.05, 4.69) is 5.32 Å². The van der Waals surface area contributed by atoms with Crippen LogP contribution in [-0.4, -0.2) is 46.9 Å². The predicted molar refractivity (Wildman–Crippen MR) is 127 cm³/mol. The Morgan fingerprint density at radius 1 is 1.25 bits per heavy atom. The van der Waals surface area contributed by atoms with Crippen LogP contribution in [0.1, 0.15) is 26.2 Å². The number of thioether (sulfide) groups is 1. The first kappa shape index (κ1) is 22.5. The first-order valence-electron chi connectivity index (χ1n) is 10.4. The number of nitrogens with one attached hydrogen (secondary N) is 1. The molecule has 168 valence electrons. The fourth-order valence-corrected chi connectivity index (χ4v) is 4.85. The summed E-state index contributed by atoms with van der Waals surface area (Å²) in [6.07, 6.45) is 1.97. The minimum atomic E-state index is -0.509. The quantitative estimate of drug-likeness (QED) is 0.591. The molecule has 9 heteroatoms. The molecule has 0 spiro atoms. The van der Waals surface area contributed by atoms with Gasteiger partial charge in [-0.3, -0.25) is 14.5 Å². The Kier molecular flexibility index (Phi) is 6.91. The van der Waals surface area contributed by atoms with E-state index in [0.29, 0.717) is 28.2 Å². The molecule has 1 unspecified atom stereocenters. The molecule has 1 heterocycles. The number of hydrogen-bond donors (Lipinski definition) is 1. The number of anilines is 1. The number of hydrogen-bond acceptors (Lipinski definition) is 6. The lowest BCUT2D eigenvalue weighted by molar-refractivity contribution is -0.128. The van der Waals surface area contributed by atoms with E-state index in [1.54, 1.807) is 23.1 Å². The fourth-order valence-electron chi connectivity index (χ4n) is 3.38. The van der Waals surface area contributed by atoms with Crippen molar-refractivity contribution in [2.24, 2.45) is 4.99 Å². The highest BCUT2D eigenvalue weighted by atomic mass is 35.5. The maximum atomic E-state index is 13.0. The molecule has 2 amide bonds. The highest BCUT2D eigenvalue weighted by Gasteiger charge is 2.46. The molecule has 32 heavy (non-hydrogen) atoms. The number of amides is 2. The van der Waals surface area contributed by atoms with Crippen LogP contribution in [0.4, 0.5) is 11.4 Å². The third kappa shape index (κ3) is 5.19. The zero-order chi connectivity index (χ0) is 22.7. The van der Waals surface area contributed by atoms with E-state index in [-0.39, 0.29) is 24.3 Å². The fraction of sp³-hybridized carbons (Fsp3) is 0.348. The zero-order valence-electron chi connectivity index (χ0n) is 17.8. The Labute approximate surface area is 196 Å². The lowest BCUT2D eigenvalue weighted by atomic mass is 10.2.